The summed E-state index contributed by atoms with van der Waals surface area (Å²) in [5.41, 5.74) is 1.99. The van der Waals surface area contributed by atoms with Gasteiger partial charge in [-0.05, 0) is 60.7 Å². The van der Waals surface area contributed by atoms with Crippen LogP contribution >= 0.6 is 23.2 Å². The highest BCUT2D eigenvalue weighted by molar-refractivity contribution is 7.92. The Bertz CT molecular complexity index is 1430. The lowest BCUT2D eigenvalue weighted by Gasteiger charge is -2.33. The van der Waals surface area contributed by atoms with Crippen molar-refractivity contribution in [2.45, 2.75) is 51.6 Å². The van der Waals surface area contributed by atoms with Gasteiger partial charge in [0.1, 0.15) is 12.6 Å². The summed E-state index contributed by atoms with van der Waals surface area (Å²) in [6.45, 7) is 7.78. The molecule has 2 amide bonds. The highest BCUT2D eigenvalue weighted by atomic mass is 35.5. The Labute approximate surface area is 247 Å². The van der Waals surface area contributed by atoms with Crippen molar-refractivity contribution in [2.24, 2.45) is 5.92 Å². The molecule has 214 valence electrons. The van der Waals surface area contributed by atoms with E-state index in [-0.39, 0.29) is 39.0 Å². The maximum absolute atomic E-state index is 14.1. The molecule has 0 bridgehead atoms. The minimum atomic E-state index is -4.18. The molecule has 0 aliphatic carbocycles. The average molecular weight is 605 g/mol. The molecule has 3 aromatic rings. The quantitative estimate of drug-likeness (QED) is 0.272. The summed E-state index contributed by atoms with van der Waals surface area (Å²) in [5, 5.41) is 3.33. The van der Waals surface area contributed by atoms with E-state index in [4.69, 9.17) is 23.2 Å². The number of carbonyl (C=O) groups is 2. The number of benzene rings is 3. The maximum Gasteiger partial charge on any atom is 0.264 e. The first kappa shape index (κ1) is 31.5. The number of anilines is 1. The van der Waals surface area contributed by atoms with Crippen LogP contribution in [0, 0.1) is 12.8 Å². The highest BCUT2D eigenvalue weighted by Gasteiger charge is 2.34. The lowest BCUT2D eigenvalue weighted by Crippen LogP contribution is -2.52. The Balaban J connectivity index is 2.07. The van der Waals surface area contributed by atoms with E-state index in [1.165, 1.54) is 35.2 Å². The van der Waals surface area contributed by atoms with Crippen LogP contribution in [0.5, 0.6) is 0 Å². The molecule has 1 atom stereocenters. The summed E-state index contributed by atoms with van der Waals surface area (Å²) in [5.74, 6) is -0.589. The van der Waals surface area contributed by atoms with E-state index in [0.29, 0.717) is 13.0 Å². The molecule has 3 aromatic carbocycles. The van der Waals surface area contributed by atoms with Gasteiger partial charge < -0.3 is 10.2 Å². The molecule has 0 aliphatic heterocycles. The number of halogens is 2. The number of aryl methyl sites for hydroxylation is 1. The topological polar surface area (TPSA) is 86.8 Å². The van der Waals surface area contributed by atoms with Crippen molar-refractivity contribution in [3.63, 3.8) is 0 Å². The normalized spacial score (nSPS) is 12.2. The van der Waals surface area contributed by atoms with E-state index in [0.717, 1.165) is 15.4 Å². The molecule has 0 aromatic heterocycles. The predicted octanol–water partition coefficient (Wildman–Crippen LogP) is 6.08. The summed E-state index contributed by atoms with van der Waals surface area (Å²) in [4.78, 5) is 28.9. The Morgan fingerprint density at radius 3 is 2.17 bits per heavy atom. The number of sulfonamides is 1. The second-order valence-corrected chi connectivity index (χ2v) is 12.6. The monoisotopic (exact) mass is 603 g/mol. The first-order valence-corrected chi connectivity index (χ1v) is 15.3. The minimum Gasteiger partial charge on any atom is -0.354 e. The van der Waals surface area contributed by atoms with Crippen molar-refractivity contribution in [1.82, 2.24) is 10.2 Å². The molecule has 40 heavy (non-hydrogen) atoms. The Kier molecular flexibility index (Phi) is 11.0. The van der Waals surface area contributed by atoms with Crippen LogP contribution in [0.4, 0.5) is 5.69 Å². The van der Waals surface area contributed by atoms with Gasteiger partial charge in [-0.25, -0.2) is 8.42 Å². The molecule has 3 rings (SSSR count). The number of nitrogens with zero attached hydrogens (tertiary/aromatic N) is 2. The van der Waals surface area contributed by atoms with Gasteiger partial charge in [0.15, 0.2) is 0 Å². The SMILES string of the molecule is CC[C@@H](C(=O)NCC(C)C)N(Cc1ccccc1C)C(=O)CN(c1ccc(Cl)c(Cl)c1)S(=O)(=O)c1ccccc1. The molecule has 1 N–H and O–H groups in total. The predicted molar refractivity (Wildman–Crippen MR) is 161 cm³/mol. The van der Waals surface area contributed by atoms with Crippen LogP contribution in [-0.2, 0) is 26.2 Å². The molecule has 0 heterocycles. The third-order valence-corrected chi connectivity index (χ3v) is 9.00. The van der Waals surface area contributed by atoms with Crippen molar-refractivity contribution in [3.8, 4) is 0 Å². The fourth-order valence-corrected chi connectivity index (χ4v) is 5.92. The van der Waals surface area contributed by atoms with Gasteiger partial charge in [0.2, 0.25) is 11.8 Å². The second-order valence-electron chi connectivity index (χ2n) is 9.93. The van der Waals surface area contributed by atoms with E-state index in [1.807, 2.05) is 52.0 Å². The molecule has 0 unspecified atom stereocenters. The highest BCUT2D eigenvalue weighted by Crippen LogP contribution is 2.31. The van der Waals surface area contributed by atoms with Crippen LogP contribution in [0.1, 0.15) is 38.3 Å². The lowest BCUT2D eigenvalue weighted by molar-refractivity contribution is -0.140. The molecule has 0 fully saturated rings. The fraction of sp³-hybridized carbons (Fsp3) is 0.333. The first-order valence-electron chi connectivity index (χ1n) is 13.1. The van der Waals surface area contributed by atoms with Gasteiger partial charge in [-0.15, -0.1) is 0 Å². The third kappa shape index (κ3) is 7.77. The fourth-order valence-electron chi connectivity index (χ4n) is 4.20. The molecule has 10 heteroatoms. The van der Waals surface area contributed by atoms with Crippen LogP contribution < -0.4 is 9.62 Å². The zero-order chi connectivity index (χ0) is 29.4. The van der Waals surface area contributed by atoms with Crippen molar-refractivity contribution in [2.75, 3.05) is 17.4 Å². The maximum atomic E-state index is 14.1. The van der Waals surface area contributed by atoms with E-state index >= 15 is 0 Å². The first-order chi connectivity index (χ1) is 18.9. The zero-order valence-corrected chi connectivity index (χ0v) is 25.4. The third-order valence-electron chi connectivity index (χ3n) is 6.47. The summed E-state index contributed by atoms with van der Waals surface area (Å²) < 4.78 is 28.7. The molecule has 0 radical (unpaired) electrons. The summed E-state index contributed by atoms with van der Waals surface area (Å²) in [7, 11) is -4.18. The Morgan fingerprint density at radius 2 is 1.57 bits per heavy atom. The molecule has 0 spiro atoms. The Morgan fingerprint density at radius 1 is 0.925 bits per heavy atom. The van der Waals surface area contributed by atoms with Gasteiger partial charge >= 0.3 is 0 Å². The number of nitrogens with one attached hydrogen (secondary N) is 1. The average Bonchev–Trinajstić information content (AvgIpc) is 2.93. The lowest BCUT2D eigenvalue weighted by atomic mass is 10.1. The summed E-state index contributed by atoms with van der Waals surface area (Å²) >= 11 is 12.4. The summed E-state index contributed by atoms with van der Waals surface area (Å²) in [6.07, 6.45) is 0.347. The molecule has 7 nitrogen and oxygen atoms in total. The van der Waals surface area contributed by atoms with Crippen LogP contribution in [0.2, 0.25) is 10.0 Å². The van der Waals surface area contributed by atoms with Crippen LogP contribution in [0.25, 0.3) is 0 Å². The number of hydrogen-bond donors (Lipinski definition) is 1. The minimum absolute atomic E-state index is 0.0149. The van der Waals surface area contributed by atoms with Crippen LogP contribution in [0.3, 0.4) is 0 Å². The molecule has 0 saturated carbocycles. The smallest absolute Gasteiger partial charge is 0.264 e. The van der Waals surface area contributed by atoms with Gasteiger partial charge in [-0.3, -0.25) is 13.9 Å². The largest absolute Gasteiger partial charge is 0.354 e. The van der Waals surface area contributed by atoms with Gasteiger partial charge in [0, 0.05) is 13.1 Å². The van der Waals surface area contributed by atoms with Crippen molar-refractivity contribution < 1.29 is 18.0 Å². The number of amides is 2. The van der Waals surface area contributed by atoms with Gasteiger partial charge in [0.05, 0.1) is 20.6 Å². The number of hydrogen-bond acceptors (Lipinski definition) is 4. The van der Waals surface area contributed by atoms with Gasteiger partial charge in [-0.2, -0.15) is 0 Å². The van der Waals surface area contributed by atoms with Gasteiger partial charge in [0.25, 0.3) is 10.0 Å². The van der Waals surface area contributed by atoms with E-state index < -0.39 is 28.5 Å². The molecule has 0 aliphatic rings. The van der Waals surface area contributed by atoms with E-state index in [1.54, 1.807) is 18.2 Å². The van der Waals surface area contributed by atoms with Gasteiger partial charge in [-0.1, -0.05) is 86.4 Å². The summed E-state index contributed by atoms with van der Waals surface area (Å²) in [6, 6.07) is 19.0. The number of carbonyl (C=O) groups excluding carboxylic acids is 2. The molecular weight excluding hydrogens is 569 g/mol. The van der Waals surface area contributed by atoms with E-state index in [9.17, 15) is 18.0 Å². The second kappa shape index (κ2) is 14.0. The molecule has 0 saturated heterocycles. The van der Waals surface area contributed by atoms with Crippen molar-refractivity contribution in [1.29, 1.82) is 0 Å². The van der Waals surface area contributed by atoms with E-state index in [2.05, 4.69) is 5.32 Å². The van der Waals surface area contributed by atoms with Crippen LogP contribution in [0.15, 0.2) is 77.7 Å². The number of rotatable bonds is 12. The van der Waals surface area contributed by atoms with Crippen LogP contribution in [-0.4, -0.2) is 44.3 Å². The standard InChI is InChI=1S/C30H35Cl2N3O4S/c1-5-28(30(37)33-18-21(2)3)34(19-23-12-10-9-11-22(23)4)29(36)20-35(24-15-16-26(31)27(32)17-24)40(38,39)25-13-7-6-8-14-25/h6-17,21,28H,5,18-20H2,1-4H3,(H,33,37)/t28-/m0/s1. The molecular formula is C30H35Cl2N3O4S. The van der Waals surface area contributed by atoms with Crippen molar-refractivity contribution >= 4 is 50.7 Å². The Hall–Kier alpha value is -3.07. The van der Waals surface area contributed by atoms with Crippen molar-refractivity contribution in [3.05, 3.63) is 94.0 Å². The zero-order valence-electron chi connectivity index (χ0n) is 23.1.